The van der Waals surface area contributed by atoms with Gasteiger partial charge >= 0.3 is 0 Å². The van der Waals surface area contributed by atoms with Crippen molar-refractivity contribution in [1.82, 2.24) is 9.97 Å². The molecule has 0 aromatic carbocycles. The molecular weight excluding hydrogens is 164 g/mol. The molecule has 1 heterocycles. The molecule has 0 bridgehead atoms. The molecule has 0 spiro atoms. The van der Waals surface area contributed by atoms with Gasteiger partial charge in [-0.1, -0.05) is 20.3 Å². The molecule has 1 aromatic heterocycles. The molecule has 1 unspecified atom stereocenters. The van der Waals surface area contributed by atoms with Gasteiger partial charge in [0, 0.05) is 18.3 Å². The van der Waals surface area contributed by atoms with Gasteiger partial charge in [-0.2, -0.15) is 0 Å². The Hall–Kier alpha value is -1.25. The van der Waals surface area contributed by atoms with E-state index in [1.165, 1.54) is 6.33 Å². The monoisotopic (exact) mass is 178 g/mol. The van der Waals surface area contributed by atoms with Gasteiger partial charge in [0.1, 0.15) is 6.33 Å². The largest absolute Gasteiger partial charge is 0.294 e. The average molecular weight is 178 g/mol. The third-order valence-electron chi connectivity index (χ3n) is 2.01. The normalized spacial score (nSPS) is 12.5. The SMILES string of the molecule is CCCC(C)C(=O)c1cncnc1. The summed E-state index contributed by atoms with van der Waals surface area (Å²) in [5.74, 6) is 0.221. The van der Waals surface area contributed by atoms with Crippen molar-refractivity contribution >= 4 is 5.78 Å². The molecule has 0 saturated heterocycles. The maximum absolute atomic E-state index is 11.7. The Labute approximate surface area is 78.2 Å². The smallest absolute Gasteiger partial charge is 0.168 e. The number of aromatic nitrogens is 2. The van der Waals surface area contributed by atoms with Crippen LogP contribution in [-0.4, -0.2) is 15.8 Å². The molecule has 3 nitrogen and oxygen atoms in total. The lowest BCUT2D eigenvalue weighted by Gasteiger charge is -2.07. The summed E-state index contributed by atoms with van der Waals surface area (Å²) in [6, 6.07) is 0. The number of hydrogen-bond acceptors (Lipinski definition) is 3. The van der Waals surface area contributed by atoms with E-state index in [2.05, 4.69) is 16.9 Å². The van der Waals surface area contributed by atoms with Crippen molar-refractivity contribution in [1.29, 1.82) is 0 Å². The number of carbonyl (C=O) groups excluding carboxylic acids is 1. The van der Waals surface area contributed by atoms with E-state index in [0.717, 1.165) is 12.8 Å². The minimum atomic E-state index is 0.0796. The summed E-state index contributed by atoms with van der Waals surface area (Å²) in [5.41, 5.74) is 0.614. The Balaban J connectivity index is 2.68. The maximum atomic E-state index is 11.7. The van der Waals surface area contributed by atoms with Gasteiger partial charge in [-0.25, -0.2) is 9.97 Å². The predicted octanol–water partition coefficient (Wildman–Crippen LogP) is 2.10. The van der Waals surface area contributed by atoms with E-state index in [4.69, 9.17) is 0 Å². The molecule has 0 aliphatic rings. The first-order valence-electron chi connectivity index (χ1n) is 4.55. The summed E-state index contributed by atoms with van der Waals surface area (Å²) in [6.45, 7) is 4.02. The Morgan fingerprint density at radius 3 is 2.62 bits per heavy atom. The Morgan fingerprint density at radius 2 is 2.08 bits per heavy atom. The van der Waals surface area contributed by atoms with Gasteiger partial charge in [0.05, 0.1) is 5.56 Å². The molecule has 70 valence electrons. The van der Waals surface area contributed by atoms with Gasteiger partial charge in [0.25, 0.3) is 0 Å². The highest BCUT2D eigenvalue weighted by Gasteiger charge is 2.13. The van der Waals surface area contributed by atoms with Crippen LogP contribution < -0.4 is 0 Å². The van der Waals surface area contributed by atoms with Crippen molar-refractivity contribution < 1.29 is 4.79 Å². The second-order valence-corrected chi connectivity index (χ2v) is 3.18. The maximum Gasteiger partial charge on any atom is 0.168 e. The minimum Gasteiger partial charge on any atom is -0.294 e. The van der Waals surface area contributed by atoms with Crippen molar-refractivity contribution in [3.05, 3.63) is 24.3 Å². The molecule has 3 heteroatoms. The molecule has 0 aliphatic heterocycles. The van der Waals surface area contributed by atoms with Gasteiger partial charge in [-0.3, -0.25) is 4.79 Å². The van der Waals surface area contributed by atoms with Gasteiger partial charge in [-0.05, 0) is 6.42 Å². The average Bonchev–Trinajstić information content (AvgIpc) is 2.18. The lowest BCUT2D eigenvalue weighted by Crippen LogP contribution is -2.11. The lowest BCUT2D eigenvalue weighted by molar-refractivity contribution is 0.0923. The standard InChI is InChI=1S/C10H14N2O/c1-3-4-8(2)10(13)9-5-11-7-12-6-9/h5-8H,3-4H2,1-2H3. The number of ketones is 1. The second-order valence-electron chi connectivity index (χ2n) is 3.18. The highest BCUT2D eigenvalue weighted by molar-refractivity contribution is 5.96. The summed E-state index contributed by atoms with van der Waals surface area (Å²) in [6.07, 6.45) is 6.53. The number of Topliss-reactive ketones (excluding diaryl/α,β-unsaturated/α-hetero) is 1. The summed E-state index contributed by atoms with van der Waals surface area (Å²) in [5, 5.41) is 0. The Kier molecular flexibility index (Phi) is 3.55. The lowest BCUT2D eigenvalue weighted by atomic mass is 9.97. The van der Waals surface area contributed by atoms with Crippen LogP contribution in [0.25, 0.3) is 0 Å². The zero-order chi connectivity index (χ0) is 9.68. The van der Waals surface area contributed by atoms with Crippen molar-refractivity contribution in [2.24, 2.45) is 5.92 Å². The number of nitrogens with zero attached hydrogens (tertiary/aromatic N) is 2. The van der Waals surface area contributed by atoms with Crippen LogP contribution in [0.3, 0.4) is 0 Å². The molecule has 0 N–H and O–H groups in total. The molecule has 0 aliphatic carbocycles. The van der Waals surface area contributed by atoms with Crippen molar-refractivity contribution in [2.45, 2.75) is 26.7 Å². The van der Waals surface area contributed by atoms with Crippen LogP contribution in [0.4, 0.5) is 0 Å². The molecule has 1 aromatic rings. The van der Waals surface area contributed by atoms with E-state index in [9.17, 15) is 4.79 Å². The summed E-state index contributed by atoms with van der Waals surface area (Å²) >= 11 is 0. The van der Waals surface area contributed by atoms with Gasteiger partial charge < -0.3 is 0 Å². The van der Waals surface area contributed by atoms with Crippen LogP contribution in [0.15, 0.2) is 18.7 Å². The third-order valence-corrected chi connectivity index (χ3v) is 2.01. The number of hydrogen-bond donors (Lipinski definition) is 0. The van der Waals surface area contributed by atoms with E-state index in [1.807, 2.05) is 6.92 Å². The highest BCUT2D eigenvalue weighted by Crippen LogP contribution is 2.11. The summed E-state index contributed by atoms with van der Waals surface area (Å²) in [4.78, 5) is 19.3. The second kappa shape index (κ2) is 4.70. The molecule has 1 atom stereocenters. The Morgan fingerprint density at radius 1 is 1.46 bits per heavy atom. The summed E-state index contributed by atoms with van der Waals surface area (Å²) < 4.78 is 0. The zero-order valence-corrected chi connectivity index (χ0v) is 8.03. The molecule has 0 radical (unpaired) electrons. The van der Waals surface area contributed by atoms with E-state index >= 15 is 0 Å². The van der Waals surface area contributed by atoms with Crippen molar-refractivity contribution in [3.8, 4) is 0 Å². The molecule has 0 amide bonds. The van der Waals surface area contributed by atoms with E-state index in [1.54, 1.807) is 12.4 Å². The van der Waals surface area contributed by atoms with Crippen LogP contribution in [0.5, 0.6) is 0 Å². The fourth-order valence-corrected chi connectivity index (χ4v) is 1.27. The predicted molar refractivity (Wildman–Crippen MR) is 50.4 cm³/mol. The molecule has 0 fully saturated rings. The van der Waals surface area contributed by atoms with E-state index < -0.39 is 0 Å². The number of carbonyl (C=O) groups is 1. The first kappa shape index (κ1) is 9.84. The van der Waals surface area contributed by atoms with Gasteiger partial charge in [0.15, 0.2) is 5.78 Å². The van der Waals surface area contributed by atoms with Crippen LogP contribution in [-0.2, 0) is 0 Å². The molecule has 0 saturated carbocycles. The van der Waals surface area contributed by atoms with Crippen LogP contribution in [0.1, 0.15) is 37.0 Å². The van der Waals surface area contributed by atoms with Crippen molar-refractivity contribution in [3.63, 3.8) is 0 Å². The zero-order valence-electron chi connectivity index (χ0n) is 8.03. The number of rotatable bonds is 4. The Bertz CT molecular complexity index is 272. The quantitative estimate of drug-likeness (QED) is 0.663. The van der Waals surface area contributed by atoms with Crippen LogP contribution >= 0.6 is 0 Å². The van der Waals surface area contributed by atoms with E-state index in [0.29, 0.717) is 5.56 Å². The molecular formula is C10H14N2O. The first-order chi connectivity index (χ1) is 6.25. The van der Waals surface area contributed by atoms with Crippen LogP contribution in [0.2, 0.25) is 0 Å². The molecule has 1 rings (SSSR count). The molecule has 13 heavy (non-hydrogen) atoms. The summed E-state index contributed by atoms with van der Waals surface area (Å²) in [7, 11) is 0. The highest BCUT2D eigenvalue weighted by atomic mass is 16.1. The first-order valence-corrected chi connectivity index (χ1v) is 4.55. The van der Waals surface area contributed by atoms with Crippen molar-refractivity contribution in [2.75, 3.05) is 0 Å². The van der Waals surface area contributed by atoms with Gasteiger partial charge in [-0.15, -0.1) is 0 Å². The topological polar surface area (TPSA) is 42.9 Å². The van der Waals surface area contributed by atoms with Crippen LogP contribution in [0, 0.1) is 5.92 Å². The minimum absolute atomic E-state index is 0.0796. The third kappa shape index (κ3) is 2.61. The fraction of sp³-hybridized carbons (Fsp3) is 0.500. The van der Waals surface area contributed by atoms with Gasteiger partial charge in [0.2, 0.25) is 0 Å². The fourth-order valence-electron chi connectivity index (χ4n) is 1.27. The van der Waals surface area contributed by atoms with E-state index in [-0.39, 0.29) is 11.7 Å².